The van der Waals surface area contributed by atoms with Crippen molar-refractivity contribution >= 4 is 17.6 Å². The van der Waals surface area contributed by atoms with Gasteiger partial charge in [-0.05, 0) is 30.7 Å². The monoisotopic (exact) mass is 349 g/mol. The number of methoxy groups -OCH3 is 1. The SMILES string of the molecule is COC(=O)c1oc(CN2CCOC(c3ccc(Cl)cc3)C2)cc1C. The van der Waals surface area contributed by atoms with Crippen LogP contribution in [0.3, 0.4) is 0 Å². The van der Waals surface area contributed by atoms with Gasteiger partial charge in [0.25, 0.3) is 0 Å². The maximum absolute atomic E-state index is 11.6. The quantitative estimate of drug-likeness (QED) is 0.789. The van der Waals surface area contributed by atoms with Crippen LogP contribution in [-0.2, 0) is 16.0 Å². The van der Waals surface area contributed by atoms with Gasteiger partial charge in [0, 0.05) is 23.7 Å². The third-order valence-electron chi connectivity index (χ3n) is 4.11. The first-order valence-corrected chi connectivity index (χ1v) is 8.21. The van der Waals surface area contributed by atoms with Crippen LogP contribution in [0, 0.1) is 6.92 Å². The van der Waals surface area contributed by atoms with E-state index in [4.69, 9.17) is 25.5 Å². The summed E-state index contributed by atoms with van der Waals surface area (Å²) in [6.45, 7) is 4.70. The molecule has 1 unspecified atom stereocenters. The Balaban J connectivity index is 1.67. The van der Waals surface area contributed by atoms with Gasteiger partial charge >= 0.3 is 5.97 Å². The van der Waals surface area contributed by atoms with Crippen LogP contribution in [-0.4, -0.2) is 37.7 Å². The first-order chi connectivity index (χ1) is 11.6. The lowest BCUT2D eigenvalue weighted by Crippen LogP contribution is -2.37. The van der Waals surface area contributed by atoms with Gasteiger partial charge < -0.3 is 13.9 Å². The maximum Gasteiger partial charge on any atom is 0.374 e. The van der Waals surface area contributed by atoms with Crippen molar-refractivity contribution < 1.29 is 18.7 Å². The summed E-state index contributed by atoms with van der Waals surface area (Å²) in [5.74, 6) is 0.583. The van der Waals surface area contributed by atoms with Gasteiger partial charge in [0.1, 0.15) is 5.76 Å². The molecule has 2 aromatic rings. The number of hydrogen-bond donors (Lipinski definition) is 0. The lowest BCUT2D eigenvalue weighted by atomic mass is 10.1. The van der Waals surface area contributed by atoms with Crippen molar-refractivity contribution in [2.75, 3.05) is 26.8 Å². The van der Waals surface area contributed by atoms with E-state index in [1.54, 1.807) is 0 Å². The highest BCUT2D eigenvalue weighted by Gasteiger charge is 2.24. The molecule has 5 nitrogen and oxygen atoms in total. The smallest absolute Gasteiger partial charge is 0.374 e. The molecule has 3 rings (SSSR count). The molecule has 0 radical (unpaired) electrons. The number of carbonyl (C=O) groups is 1. The Morgan fingerprint density at radius 1 is 1.38 bits per heavy atom. The zero-order valence-corrected chi connectivity index (χ0v) is 14.5. The van der Waals surface area contributed by atoms with Gasteiger partial charge in [0.15, 0.2) is 0 Å². The second kappa shape index (κ2) is 7.38. The van der Waals surface area contributed by atoms with Crippen LogP contribution in [0.5, 0.6) is 0 Å². The maximum atomic E-state index is 11.6. The molecule has 2 heterocycles. The first kappa shape index (κ1) is 17.0. The third-order valence-corrected chi connectivity index (χ3v) is 4.36. The van der Waals surface area contributed by atoms with Gasteiger partial charge in [-0.3, -0.25) is 4.90 Å². The largest absolute Gasteiger partial charge is 0.463 e. The van der Waals surface area contributed by atoms with Crippen molar-refractivity contribution in [2.45, 2.75) is 19.6 Å². The molecule has 0 saturated carbocycles. The standard InChI is InChI=1S/C18H20ClNO4/c1-12-9-15(24-17(12)18(21)22-2)10-20-7-8-23-16(11-20)13-3-5-14(19)6-4-13/h3-6,9,16H,7-8,10-11H2,1-2H3. The molecule has 0 aliphatic carbocycles. The van der Waals surface area contributed by atoms with E-state index < -0.39 is 5.97 Å². The second-order valence-electron chi connectivity index (χ2n) is 5.86. The predicted octanol–water partition coefficient (Wildman–Crippen LogP) is 3.60. The molecule has 1 aromatic carbocycles. The Hall–Kier alpha value is -1.82. The number of morpholine rings is 1. The van der Waals surface area contributed by atoms with E-state index >= 15 is 0 Å². The van der Waals surface area contributed by atoms with E-state index in [2.05, 4.69) is 4.90 Å². The molecule has 1 aromatic heterocycles. The molecular formula is C18H20ClNO4. The Kier molecular flexibility index (Phi) is 5.23. The lowest BCUT2D eigenvalue weighted by molar-refractivity contribution is -0.0347. The van der Waals surface area contributed by atoms with Crippen LogP contribution < -0.4 is 0 Å². The van der Waals surface area contributed by atoms with Crippen molar-refractivity contribution in [2.24, 2.45) is 0 Å². The van der Waals surface area contributed by atoms with Gasteiger partial charge in [0.2, 0.25) is 5.76 Å². The molecule has 0 bridgehead atoms. The fourth-order valence-electron chi connectivity index (χ4n) is 2.87. The average Bonchev–Trinajstić information content (AvgIpc) is 2.95. The number of halogens is 1. The molecule has 1 fully saturated rings. The summed E-state index contributed by atoms with van der Waals surface area (Å²) < 4.78 is 16.2. The summed E-state index contributed by atoms with van der Waals surface area (Å²) >= 11 is 5.94. The highest BCUT2D eigenvalue weighted by molar-refractivity contribution is 6.30. The van der Waals surface area contributed by atoms with Crippen molar-refractivity contribution in [3.63, 3.8) is 0 Å². The van der Waals surface area contributed by atoms with Crippen LogP contribution in [0.1, 0.15) is 33.5 Å². The zero-order valence-electron chi connectivity index (χ0n) is 13.8. The summed E-state index contributed by atoms with van der Waals surface area (Å²) in [6.07, 6.45) is 0.00662. The highest BCUT2D eigenvalue weighted by Crippen LogP contribution is 2.25. The van der Waals surface area contributed by atoms with Gasteiger partial charge in [-0.1, -0.05) is 23.7 Å². The topological polar surface area (TPSA) is 51.9 Å². The summed E-state index contributed by atoms with van der Waals surface area (Å²) in [7, 11) is 1.35. The number of carbonyl (C=O) groups excluding carboxylic acids is 1. The van der Waals surface area contributed by atoms with E-state index in [-0.39, 0.29) is 11.9 Å². The fourth-order valence-corrected chi connectivity index (χ4v) is 2.99. The Morgan fingerprint density at radius 2 is 2.12 bits per heavy atom. The number of hydrogen-bond acceptors (Lipinski definition) is 5. The van der Waals surface area contributed by atoms with E-state index in [0.29, 0.717) is 18.2 Å². The van der Waals surface area contributed by atoms with Crippen molar-refractivity contribution in [3.8, 4) is 0 Å². The minimum absolute atomic E-state index is 0.00662. The van der Waals surface area contributed by atoms with Crippen LogP contribution in [0.25, 0.3) is 0 Å². The van der Waals surface area contributed by atoms with Crippen LogP contribution >= 0.6 is 11.6 Å². The molecule has 24 heavy (non-hydrogen) atoms. The summed E-state index contributed by atoms with van der Waals surface area (Å²) in [6, 6.07) is 9.61. The predicted molar refractivity (Wildman–Crippen MR) is 90.2 cm³/mol. The minimum atomic E-state index is -0.445. The Morgan fingerprint density at radius 3 is 2.83 bits per heavy atom. The summed E-state index contributed by atoms with van der Waals surface area (Å²) in [5, 5.41) is 0.716. The number of furan rings is 1. The molecular weight excluding hydrogens is 330 g/mol. The van der Waals surface area contributed by atoms with Gasteiger partial charge in [-0.15, -0.1) is 0 Å². The van der Waals surface area contributed by atoms with Gasteiger partial charge in [-0.2, -0.15) is 0 Å². The molecule has 0 amide bonds. The number of rotatable bonds is 4. The summed E-state index contributed by atoms with van der Waals surface area (Å²) in [5.41, 5.74) is 1.90. The number of esters is 1. The molecule has 1 atom stereocenters. The van der Waals surface area contributed by atoms with Gasteiger partial charge in [-0.25, -0.2) is 4.79 Å². The lowest BCUT2D eigenvalue weighted by Gasteiger charge is -2.32. The third kappa shape index (κ3) is 3.80. The Bertz CT molecular complexity index is 710. The van der Waals surface area contributed by atoms with E-state index in [0.717, 1.165) is 30.0 Å². The molecule has 1 aliphatic rings. The first-order valence-electron chi connectivity index (χ1n) is 7.84. The highest BCUT2D eigenvalue weighted by atomic mass is 35.5. The second-order valence-corrected chi connectivity index (χ2v) is 6.30. The molecule has 6 heteroatoms. The zero-order chi connectivity index (χ0) is 17.1. The summed E-state index contributed by atoms with van der Waals surface area (Å²) in [4.78, 5) is 13.9. The van der Waals surface area contributed by atoms with Crippen LogP contribution in [0.2, 0.25) is 5.02 Å². The molecule has 0 spiro atoms. The molecule has 0 N–H and O–H groups in total. The minimum Gasteiger partial charge on any atom is -0.463 e. The fraction of sp³-hybridized carbons (Fsp3) is 0.389. The molecule has 1 saturated heterocycles. The number of aryl methyl sites for hydroxylation is 1. The normalized spacial score (nSPS) is 18.5. The molecule has 1 aliphatic heterocycles. The average molecular weight is 350 g/mol. The van der Waals surface area contributed by atoms with Crippen molar-refractivity contribution in [3.05, 3.63) is 58.0 Å². The number of nitrogens with zero attached hydrogens (tertiary/aromatic N) is 1. The number of benzene rings is 1. The van der Waals surface area contributed by atoms with Crippen LogP contribution in [0.4, 0.5) is 0 Å². The van der Waals surface area contributed by atoms with E-state index in [1.165, 1.54) is 7.11 Å². The van der Waals surface area contributed by atoms with Gasteiger partial charge in [0.05, 0.1) is 26.4 Å². The molecule has 128 valence electrons. The van der Waals surface area contributed by atoms with Crippen molar-refractivity contribution in [1.29, 1.82) is 0 Å². The van der Waals surface area contributed by atoms with E-state index in [9.17, 15) is 4.79 Å². The van der Waals surface area contributed by atoms with Crippen LogP contribution in [0.15, 0.2) is 34.7 Å². The van der Waals surface area contributed by atoms with E-state index in [1.807, 2.05) is 37.3 Å². The Labute approximate surface area is 146 Å². The number of ether oxygens (including phenoxy) is 2. The van der Waals surface area contributed by atoms with Crippen molar-refractivity contribution in [1.82, 2.24) is 4.90 Å².